The molecule has 3 rings (SSSR count). The number of halogens is 1. The summed E-state index contributed by atoms with van der Waals surface area (Å²) in [7, 11) is 0. The molecule has 0 saturated carbocycles. The largest absolute Gasteiger partial charge is 0.377 e. The van der Waals surface area contributed by atoms with Crippen molar-refractivity contribution in [3.8, 4) is 0 Å². The average Bonchev–Trinajstić information content (AvgIpc) is 2.38. The number of nitrogens with zero attached hydrogens (tertiary/aromatic N) is 3. The Morgan fingerprint density at radius 3 is 3.22 bits per heavy atom. The lowest BCUT2D eigenvalue weighted by Gasteiger charge is -2.39. The van der Waals surface area contributed by atoms with Gasteiger partial charge in [0, 0.05) is 12.1 Å². The summed E-state index contributed by atoms with van der Waals surface area (Å²) in [5.74, 6) is 0.461. The Balaban J connectivity index is 2.10. The summed E-state index contributed by atoms with van der Waals surface area (Å²) in [5, 5.41) is -0.580. The fourth-order valence-corrected chi connectivity index (χ4v) is 2.36. The van der Waals surface area contributed by atoms with Crippen LogP contribution in [0, 0.1) is 0 Å². The van der Waals surface area contributed by atoms with Crippen LogP contribution in [0.4, 0.5) is 5.69 Å². The van der Waals surface area contributed by atoms with Crippen molar-refractivity contribution in [2.24, 2.45) is 10.7 Å². The van der Waals surface area contributed by atoms with E-state index in [1.54, 1.807) is 6.07 Å². The van der Waals surface area contributed by atoms with E-state index in [0.29, 0.717) is 31.4 Å². The van der Waals surface area contributed by atoms with Gasteiger partial charge >= 0.3 is 0 Å². The number of pyridine rings is 1. The zero-order valence-electron chi connectivity index (χ0n) is 9.47. The molecule has 2 aliphatic heterocycles. The van der Waals surface area contributed by atoms with Crippen LogP contribution in [0.25, 0.3) is 0 Å². The van der Waals surface area contributed by atoms with Crippen LogP contribution in [-0.4, -0.2) is 40.8 Å². The summed E-state index contributed by atoms with van der Waals surface area (Å²) in [6.07, 6.45) is 1.52. The zero-order chi connectivity index (χ0) is 12.7. The van der Waals surface area contributed by atoms with E-state index in [-0.39, 0.29) is 11.7 Å². The first-order valence-corrected chi connectivity index (χ1v) is 5.93. The molecule has 1 fully saturated rings. The summed E-state index contributed by atoms with van der Waals surface area (Å²) in [6, 6.07) is 1.64. The van der Waals surface area contributed by atoms with Gasteiger partial charge in [-0.25, -0.2) is 9.98 Å². The number of hydrogen-bond donors (Lipinski definition) is 1. The maximum atomic E-state index is 11.2. The molecule has 3 heterocycles. The zero-order valence-corrected chi connectivity index (χ0v) is 10.2. The fourth-order valence-electron chi connectivity index (χ4n) is 2.25. The van der Waals surface area contributed by atoms with Gasteiger partial charge in [0.25, 0.3) is 5.24 Å². The Hall–Kier alpha value is -1.66. The molecule has 0 bridgehead atoms. The minimum atomic E-state index is -0.580. The Morgan fingerprint density at radius 2 is 2.44 bits per heavy atom. The summed E-state index contributed by atoms with van der Waals surface area (Å²) in [5.41, 5.74) is 7.67. The van der Waals surface area contributed by atoms with Gasteiger partial charge in [0.1, 0.15) is 5.69 Å². The Morgan fingerprint density at radius 1 is 1.61 bits per heavy atom. The van der Waals surface area contributed by atoms with E-state index in [1.165, 1.54) is 6.20 Å². The topological polar surface area (TPSA) is 80.8 Å². The smallest absolute Gasteiger partial charge is 0.270 e. The molecule has 0 aliphatic carbocycles. The molecular formula is C11H11ClN4O2. The van der Waals surface area contributed by atoms with E-state index >= 15 is 0 Å². The van der Waals surface area contributed by atoms with Crippen LogP contribution in [0.1, 0.15) is 22.1 Å². The predicted molar refractivity (Wildman–Crippen MR) is 66.0 cm³/mol. The van der Waals surface area contributed by atoms with E-state index < -0.39 is 5.24 Å². The van der Waals surface area contributed by atoms with Gasteiger partial charge in [-0.2, -0.15) is 0 Å². The molecule has 7 heteroatoms. The summed E-state index contributed by atoms with van der Waals surface area (Å²) in [6.45, 7) is 1.82. The minimum Gasteiger partial charge on any atom is -0.377 e. The van der Waals surface area contributed by atoms with Crippen LogP contribution < -0.4 is 5.73 Å². The van der Waals surface area contributed by atoms with Crippen LogP contribution in [0.5, 0.6) is 0 Å². The number of hydrogen-bond acceptors (Lipinski definition) is 6. The van der Waals surface area contributed by atoms with Crippen LogP contribution in [0.15, 0.2) is 17.3 Å². The number of aliphatic imine (C=N–C) groups is 1. The van der Waals surface area contributed by atoms with Crippen molar-refractivity contribution in [1.29, 1.82) is 0 Å². The van der Waals surface area contributed by atoms with Gasteiger partial charge in [-0.15, -0.1) is 0 Å². The molecule has 0 radical (unpaired) electrons. The van der Waals surface area contributed by atoms with Gasteiger partial charge in [-0.05, 0) is 17.7 Å². The number of guanidine groups is 1. The second kappa shape index (κ2) is 4.22. The highest BCUT2D eigenvalue weighted by Gasteiger charge is 2.32. The van der Waals surface area contributed by atoms with Gasteiger partial charge in [0.15, 0.2) is 5.96 Å². The number of morpholine rings is 1. The van der Waals surface area contributed by atoms with Crippen molar-refractivity contribution in [2.75, 3.05) is 19.8 Å². The van der Waals surface area contributed by atoms with Crippen molar-refractivity contribution in [1.82, 2.24) is 9.88 Å². The molecule has 94 valence electrons. The summed E-state index contributed by atoms with van der Waals surface area (Å²) < 4.78 is 5.45. The van der Waals surface area contributed by atoms with Crippen molar-refractivity contribution in [3.63, 3.8) is 0 Å². The lowest BCUT2D eigenvalue weighted by atomic mass is 10.0. The lowest BCUT2D eigenvalue weighted by molar-refractivity contribution is 0.0241. The molecule has 2 aliphatic rings. The van der Waals surface area contributed by atoms with E-state index in [2.05, 4.69) is 9.98 Å². The van der Waals surface area contributed by atoms with Crippen molar-refractivity contribution in [3.05, 3.63) is 23.5 Å². The lowest BCUT2D eigenvalue weighted by Crippen LogP contribution is -2.48. The second-order valence-corrected chi connectivity index (χ2v) is 4.50. The molecule has 0 spiro atoms. The fraction of sp³-hybridized carbons (Fsp3) is 0.364. The average molecular weight is 267 g/mol. The van der Waals surface area contributed by atoms with E-state index in [9.17, 15) is 4.79 Å². The van der Waals surface area contributed by atoms with E-state index in [0.717, 1.165) is 5.56 Å². The van der Waals surface area contributed by atoms with E-state index in [1.807, 2.05) is 4.90 Å². The van der Waals surface area contributed by atoms with Gasteiger partial charge in [-0.1, -0.05) is 0 Å². The summed E-state index contributed by atoms with van der Waals surface area (Å²) in [4.78, 5) is 21.4. The third kappa shape index (κ3) is 1.74. The second-order valence-electron chi connectivity index (χ2n) is 4.16. The monoisotopic (exact) mass is 266 g/mol. The maximum absolute atomic E-state index is 11.2. The SMILES string of the molecule is NC1=Nc2cnc(C(=O)Cl)cc2C2COCCN12. The number of carbonyl (C=O) groups excluding carboxylic acids is 1. The Bertz CT molecular complexity index is 546. The highest BCUT2D eigenvalue weighted by Crippen LogP contribution is 2.35. The van der Waals surface area contributed by atoms with Crippen molar-refractivity contribution in [2.45, 2.75) is 6.04 Å². The van der Waals surface area contributed by atoms with Crippen LogP contribution in [0.3, 0.4) is 0 Å². The first kappa shape index (κ1) is 11.4. The third-order valence-corrected chi connectivity index (χ3v) is 3.33. The maximum Gasteiger partial charge on any atom is 0.270 e. The molecule has 18 heavy (non-hydrogen) atoms. The van der Waals surface area contributed by atoms with Gasteiger partial charge in [0.2, 0.25) is 0 Å². The number of nitrogens with two attached hydrogens (primary N) is 1. The number of ether oxygens (including phenoxy) is 1. The number of carbonyl (C=O) groups is 1. The first-order chi connectivity index (χ1) is 8.66. The molecular weight excluding hydrogens is 256 g/mol. The van der Waals surface area contributed by atoms with Gasteiger partial charge in [-0.3, -0.25) is 4.79 Å². The van der Waals surface area contributed by atoms with Crippen molar-refractivity contribution < 1.29 is 9.53 Å². The van der Waals surface area contributed by atoms with Crippen LogP contribution in [0.2, 0.25) is 0 Å². The Kier molecular flexibility index (Phi) is 2.68. The van der Waals surface area contributed by atoms with Crippen molar-refractivity contribution >= 4 is 28.5 Å². The molecule has 0 aromatic carbocycles. The predicted octanol–water partition coefficient (Wildman–Crippen LogP) is 0.794. The molecule has 1 aromatic heterocycles. The number of aromatic nitrogens is 1. The van der Waals surface area contributed by atoms with E-state index in [4.69, 9.17) is 22.1 Å². The van der Waals surface area contributed by atoms with Crippen LogP contribution >= 0.6 is 11.6 Å². The minimum absolute atomic E-state index is 0.0241. The van der Waals surface area contributed by atoms with Crippen LogP contribution in [-0.2, 0) is 4.74 Å². The molecule has 1 saturated heterocycles. The highest BCUT2D eigenvalue weighted by molar-refractivity contribution is 6.67. The Labute approximate surface area is 108 Å². The van der Waals surface area contributed by atoms with Gasteiger partial charge < -0.3 is 15.4 Å². The normalized spacial score (nSPS) is 21.9. The molecule has 6 nitrogen and oxygen atoms in total. The van der Waals surface area contributed by atoms with Gasteiger partial charge in [0.05, 0.1) is 31.1 Å². The number of rotatable bonds is 1. The molecule has 1 aromatic rings. The molecule has 2 N–H and O–H groups in total. The quantitative estimate of drug-likeness (QED) is 0.760. The molecule has 0 amide bonds. The highest BCUT2D eigenvalue weighted by atomic mass is 35.5. The first-order valence-electron chi connectivity index (χ1n) is 5.55. The number of fused-ring (bicyclic) bond motifs is 3. The molecule has 1 unspecified atom stereocenters. The summed E-state index contributed by atoms with van der Waals surface area (Å²) >= 11 is 5.44. The third-order valence-electron chi connectivity index (χ3n) is 3.13. The molecule has 1 atom stereocenters. The standard InChI is InChI=1S/C11H11ClN4O2/c12-10(17)7-3-6-8(4-14-7)15-11(13)16-1-2-18-5-9(6)16/h3-4,9H,1-2,5H2,(H2,13,15).